The third-order valence-electron chi connectivity index (χ3n) is 3.29. The third kappa shape index (κ3) is 3.16. The maximum Gasteiger partial charge on any atom is 0.255 e. The summed E-state index contributed by atoms with van der Waals surface area (Å²) >= 11 is 6.02. The molecular formula is C13H18ClN3O2. The van der Waals surface area contributed by atoms with Crippen LogP contribution in [0.15, 0.2) is 12.3 Å². The van der Waals surface area contributed by atoms with Gasteiger partial charge in [0.1, 0.15) is 5.82 Å². The van der Waals surface area contributed by atoms with E-state index in [9.17, 15) is 9.90 Å². The first-order chi connectivity index (χ1) is 8.93. The molecule has 2 rings (SSSR count). The maximum absolute atomic E-state index is 12.3. The Hall–Kier alpha value is -1.33. The number of nitrogens with one attached hydrogen (secondary N) is 1. The summed E-state index contributed by atoms with van der Waals surface area (Å²) in [6, 6.07) is 1.60. The van der Waals surface area contributed by atoms with Crippen LogP contribution >= 0.6 is 11.6 Å². The van der Waals surface area contributed by atoms with Crippen LogP contribution in [-0.2, 0) is 0 Å². The summed E-state index contributed by atoms with van der Waals surface area (Å²) in [6.45, 7) is 2.75. The molecule has 1 atom stereocenters. The lowest BCUT2D eigenvalue weighted by Crippen LogP contribution is -2.48. The van der Waals surface area contributed by atoms with Gasteiger partial charge in [0.15, 0.2) is 0 Å². The summed E-state index contributed by atoms with van der Waals surface area (Å²) in [7, 11) is 1.72. The number of rotatable bonds is 2. The lowest BCUT2D eigenvalue weighted by molar-refractivity contribution is -0.0107. The monoisotopic (exact) mass is 283 g/mol. The molecule has 19 heavy (non-hydrogen) atoms. The topological polar surface area (TPSA) is 65.5 Å². The van der Waals surface area contributed by atoms with Crippen LogP contribution < -0.4 is 5.32 Å². The van der Waals surface area contributed by atoms with Crippen molar-refractivity contribution in [3.63, 3.8) is 0 Å². The molecule has 2 N–H and O–H groups in total. The predicted molar refractivity (Wildman–Crippen MR) is 74.6 cm³/mol. The minimum atomic E-state index is -0.809. The highest BCUT2D eigenvalue weighted by Crippen LogP contribution is 2.24. The van der Waals surface area contributed by atoms with E-state index in [1.54, 1.807) is 24.9 Å². The van der Waals surface area contributed by atoms with Crippen molar-refractivity contribution >= 4 is 23.3 Å². The maximum atomic E-state index is 12.3. The average Bonchev–Trinajstić information content (AvgIpc) is 2.36. The second-order valence-corrected chi connectivity index (χ2v) is 5.54. The van der Waals surface area contributed by atoms with Gasteiger partial charge < -0.3 is 15.3 Å². The summed E-state index contributed by atoms with van der Waals surface area (Å²) in [5.41, 5.74) is -0.363. The minimum absolute atomic E-state index is 0.142. The Bertz CT molecular complexity index is 491. The smallest absolute Gasteiger partial charge is 0.255 e. The molecule has 0 aliphatic carbocycles. The molecule has 5 nitrogen and oxygen atoms in total. The number of hydrogen-bond donors (Lipinski definition) is 2. The number of nitrogens with zero attached hydrogens (tertiary/aromatic N) is 2. The number of likely N-dealkylation sites (tertiary alicyclic amines) is 1. The van der Waals surface area contributed by atoms with Gasteiger partial charge in [-0.2, -0.15) is 0 Å². The molecule has 6 heteroatoms. The van der Waals surface area contributed by atoms with E-state index in [0.717, 1.165) is 6.42 Å². The first-order valence-corrected chi connectivity index (χ1v) is 6.66. The van der Waals surface area contributed by atoms with E-state index in [-0.39, 0.29) is 5.91 Å². The minimum Gasteiger partial charge on any atom is -0.388 e. The van der Waals surface area contributed by atoms with Gasteiger partial charge in [0.05, 0.1) is 16.2 Å². The molecule has 0 aromatic carbocycles. The summed E-state index contributed by atoms with van der Waals surface area (Å²) in [5, 5.41) is 13.3. The Morgan fingerprint density at radius 3 is 2.95 bits per heavy atom. The summed E-state index contributed by atoms with van der Waals surface area (Å²) in [6.07, 6.45) is 3.02. The molecule has 1 amide bonds. The standard InChI is InChI=1S/C13H18ClN3O2/c1-13(19)4-3-5-17(8-13)12(18)9-6-10(14)11(15-2)16-7-9/h6-7,19H,3-5,8H2,1-2H3,(H,15,16). The first-order valence-electron chi connectivity index (χ1n) is 6.28. The molecule has 1 saturated heterocycles. The number of hydrogen-bond acceptors (Lipinski definition) is 4. The molecule has 0 spiro atoms. The van der Waals surface area contributed by atoms with Crippen molar-refractivity contribution in [2.75, 3.05) is 25.5 Å². The van der Waals surface area contributed by atoms with Crippen LogP contribution in [0.1, 0.15) is 30.1 Å². The van der Waals surface area contributed by atoms with Gasteiger partial charge in [0, 0.05) is 26.3 Å². The van der Waals surface area contributed by atoms with Crippen LogP contribution in [0.5, 0.6) is 0 Å². The van der Waals surface area contributed by atoms with Gasteiger partial charge in [-0.1, -0.05) is 11.6 Å². The molecule has 1 aromatic heterocycles. The van der Waals surface area contributed by atoms with Gasteiger partial charge in [0.2, 0.25) is 0 Å². The van der Waals surface area contributed by atoms with Crippen molar-refractivity contribution in [3.05, 3.63) is 22.8 Å². The zero-order valence-corrected chi connectivity index (χ0v) is 11.9. The van der Waals surface area contributed by atoms with Crippen molar-refractivity contribution in [1.82, 2.24) is 9.88 Å². The van der Waals surface area contributed by atoms with Crippen LogP contribution in [0, 0.1) is 0 Å². The van der Waals surface area contributed by atoms with Crippen LogP contribution in [0.25, 0.3) is 0 Å². The largest absolute Gasteiger partial charge is 0.388 e. The van der Waals surface area contributed by atoms with Gasteiger partial charge in [-0.05, 0) is 25.8 Å². The number of β-amino-alcohol motifs (C(OH)–C–C–N with tert-alkyl or cyclic N) is 1. The number of amides is 1. The Balaban J connectivity index is 2.17. The Morgan fingerprint density at radius 2 is 2.37 bits per heavy atom. The van der Waals surface area contributed by atoms with Crippen molar-refractivity contribution in [2.24, 2.45) is 0 Å². The lowest BCUT2D eigenvalue weighted by atomic mass is 9.95. The zero-order chi connectivity index (χ0) is 14.0. The molecule has 1 aromatic rings. The van der Waals surface area contributed by atoms with Gasteiger partial charge in [0.25, 0.3) is 5.91 Å². The Morgan fingerprint density at radius 1 is 1.63 bits per heavy atom. The molecule has 1 aliphatic heterocycles. The molecule has 1 fully saturated rings. The molecule has 1 unspecified atom stereocenters. The van der Waals surface area contributed by atoms with E-state index in [0.29, 0.717) is 35.9 Å². The quantitative estimate of drug-likeness (QED) is 0.868. The average molecular weight is 284 g/mol. The molecule has 0 radical (unpaired) electrons. The molecular weight excluding hydrogens is 266 g/mol. The predicted octanol–water partition coefficient (Wildman–Crippen LogP) is 1.76. The van der Waals surface area contributed by atoms with Crippen LogP contribution in [0.4, 0.5) is 5.82 Å². The molecule has 0 bridgehead atoms. The van der Waals surface area contributed by atoms with E-state index < -0.39 is 5.60 Å². The van der Waals surface area contributed by atoms with Crippen LogP contribution in [0.3, 0.4) is 0 Å². The normalized spacial score (nSPS) is 23.3. The zero-order valence-electron chi connectivity index (χ0n) is 11.1. The number of piperidine rings is 1. The van der Waals surface area contributed by atoms with Gasteiger partial charge in [-0.25, -0.2) is 4.98 Å². The number of carbonyl (C=O) groups excluding carboxylic acids is 1. The highest BCUT2D eigenvalue weighted by Gasteiger charge is 2.31. The number of carbonyl (C=O) groups is 1. The van der Waals surface area contributed by atoms with E-state index in [2.05, 4.69) is 10.3 Å². The highest BCUT2D eigenvalue weighted by molar-refractivity contribution is 6.33. The number of anilines is 1. The van der Waals surface area contributed by atoms with Gasteiger partial charge in [-0.3, -0.25) is 4.79 Å². The number of halogens is 1. The first kappa shape index (κ1) is 14.1. The van der Waals surface area contributed by atoms with Crippen LogP contribution in [0.2, 0.25) is 5.02 Å². The SMILES string of the molecule is CNc1ncc(C(=O)N2CCCC(C)(O)C2)cc1Cl. The van der Waals surface area contributed by atoms with E-state index >= 15 is 0 Å². The summed E-state index contributed by atoms with van der Waals surface area (Å²) in [4.78, 5) is 18.1. The molecule has 1 aliphatic rings. The van der Waals surface area contributed by atoms with Crippen LogP contribution in [-0.4, -0.2) is 46.6 Å². The van der Waals surface area contributed by atoms with Gasteiger partial charge in [-0.15, -0.1) is 0 Å². The highest BCUT2D eigenvalue weighted by atomic mass is 35.5. The Labute approximate surface area is 117 Å². The molecule has 0 saturated carbocycles. The fourth-order valence-corrected chi connectivity index (χ4v) is 2.58. The number of aliphatic hydroxyl groups is 1. The summed E-state index contributed by atoms with van der Waals surface area (Å²) in [5.74, 6) is 0.404. The van der Waals surface area contributed by atoms with E-state index in [1.165, 1.54) is 6.20 Å². The number of pyridine rings is 1. The van der Waals surface area contributed by atoms with E-state index in [1.807, 2.05) is 0 Å². The fourth-order valence-electron chi connectivity index (χ4n) is 2.31. The summed E-state index contributed by atoms with van der Waals surface area (Å²) < 4.78 is 0. The van der Waals surface area contributed by atoms with Crippen molar-refractivity contribution < 1.29 is 9.90 Å². The van der Waals surface area contributed by atoms with Crippen molar-refractivity contribution in [2.45, 2.75) is 25.4 Å². The van der Waals surface area contributed by atoms with E-state index in [4.69, 9.17) is 11.6 Å². The Kier molecular flexibility index (Phi) is 3.96. The molecule has 2 heterocycles. The van der Waals surface area contributed by atoms with Crippen molar-refractivity contribution in [1.29, 1.82) is 0 Å². The van der Waals surface area contributed by atoms with Gasteiger partial charge >= 0.3 is 0 Å². The van der Waals surface area contributed by atoms with Crippen molar-refractivity contribution in [3.8, 4) is 0 Å². The second kappa shape index (κ2) is 5.35. The number of aromatic nitrogens is 1. The lowest BCUT2D eigenvalue weighted by Gasteiger charge is -2.36. The molecule has 104 valence electrons. The fraction of sp³-hybridized carbons (Fsp3) is 0.538. The second-order valence-electron chi connectivity index (χ2n) is 5.13. The third-order valence-corrected chi connectivity index (χ3v) is 3.58.